The molecular formula is C18H27N5O5. The van der Waals surface area contributed by atoms with Crippen LogP contribution < -0.4 is 5.32 Å². The van der Waals surface area contributed by atoms with E-state index >= 15 is 0 Å². The van der Waals surface area contributed by atoms with E-state index in [1.54, 1.807) is 4.57 Å². The third kappa shape index (κ3) is 4.30. The van der Waals surface area contributed by atoms with Crippen LogP contribution >= 0.6 is 0 Å². The van der Waals surface area contributed by atoms with Crippen molar-refractivity contribution in [3.05, 3.63) is 12.7 Å². The van der Waals surface area contributed by atoms with Gasteiger partial charge in [-0.1, -0.05) is 12.8 Å². The van der Waals surface area contributed by atoms with E-state index in [0.717, 1.165) is 12.8 Å². The number of ketones is 1. The third-order valence-corrected chi connectivity index (χ3v) is 4.85. The van der Waals surface area contributed by atoms with E-state index in [9.17, 15) is 20.1 Å². The molecule has 10 heteroatoms. The van der Waals surface area contributed by atoms with Crippen LogP contribution in [0.4, 0.5) is 5.82 Å². The normalized spacial score (nSPS) is 27.6. The Bertz CT molecular complexity index is 803. The monoisotopic (exact) mass is 393 g/mol. The first-order valence-electron chi connectivity index (χ1n) is 9.46. The lowest BCUT2D eigenvalue weighted by Gasteiger charge is -2.17. The maximum atomic E-state index is 10.2. The fourth-order valence-electron chi connectivity index (χ4n) is 3.52. The number of carbonyl (C=O) groups excluding carboxylic acids is 1. The molecule has 0 spiro atoms. The average Bonchev–Trinajstić information content (AvgIpc) is 3.36. The maximum absolute atomic E-state index is 10.2. The van der Waals surface area contributed by atoms with Crippen molar-refractivity contribution in [2.75, 3.05) is 11.9 Å². The molecule has 1 aliphatic heterocycles. The average molecular weight is 393 g/mol. The second-order valence-electron chi connectivity index (χ2n) is 7.31. The third-order valence-electron chi connectivity index (χ3n) is 4.85. The summed E-state index contributed by atoms with van der Waals surface area (Å²) in [7, 11) is 0. The first kappa shape index (κ1) is 20.6. The summed E-state index contributed by atoms with van der Waals surface area (Å²) in [6, 6.07) is 0.391. The van der Waals surface area contributed by atoms with Gasteiger partial charge >= 0.3 is 0 Å². The van der Waals surface area contributed by atoms with Gasteiger partial charge in [-0.2, -0.15) is 0 Å². The summed E-state index contributed by atoms with van der Waals surface area (Å²) in [5.74, 6) is 0.831. The van der Waals surface area contributed by atoms with Gasteiger partial charge in [0.25, 0.3) is 0 Å². The lowest BCUT2D eigenvalue weighted by molar-refractivity contribution is -0.114. The molecule has 28 heavy (non-hydrogen) atoms. The number of aromatic nitrogens is 4. The Morgan fingerprint density at radius 1 is 1.21 bits per heavy atom. The van der Waals surface area contributed by atoms with Crippen LogP contribution in [0.25, 0.3) is 11.2 Å². The number of hydrogen-bond donors (Lipinski definition) is 4. The second-order valence-corrected chi connectivity index (χ2v) is 7.31. The topological polar surface area (TPSA) is 143 Å². The minimum Gasteiger partial charge on any atom is -0.394 e. The number of aliphatic hydroxyl groups is 3. The van der Waals surface area contributed by atoms with Crippen LogP contribution in [-0.2, 0) is 9.53 Å². The zero-order valence-electron chi connectivity index (χ0n) is 16.0. The Kier molecular flexibility index (Phi) is 6.55. The smallest absolute Gasteiger partial charge is 0.167 e. The van der Waals surface area contributed by atoms with Crippen molar-refractivity contribution in [3.8, 4) is 0 Å². The SMILES string of the molecule is CC(C)=O.OCC1OC(n2cnc3c(NC4CCCC4)ncnc32)C(O)C1O. The van der Waals surface area contributed by atoms with E-state index in [2.05, 4.69) is 20.3 Å². The Hall–Kier alpha value is -2.14. The van der Waals surface area contributed by atoms with E-state index in [0.29, 0.717) is 23.0 Å². The van der Waals surface area contributed by atoms with Crippen molar-refractivity contribution in [1.82, 2.24) is 19.5 Å². The molecule has 0 bridgehead atoms. The summed E-state index contributed by atoms with van der Waals surface area (Å²) >= 11 is 0. The van der Waals surface area contributed by atoms with Crippen LogP contribution in [0.3, 0.4) is 0 Å². The van der Waals surface area contributed by atoms with Gasteiger partial charge in [0.2, 0.25) is 0 Å². The summed E-state index contributed by atoms with van der Waals surface area (Å²) in [6.07, 6.45) is 3.60. The van der Waals surface area contributed by atoms with Crippen LogP contribution in [0.5, 0.6) is 0 Å². The predicted molar refractivity (Wildman–Crippen MR) is 101 cm³/mol. The fourth-order valence-corrected chi connectivity index (χ4v) is 3.52. The van der Waals surface area contributed by atoms with Crippen molar-refractivity contribution in [2.24, 2.45) is 0 Å². The summed E-state index contributed by atoms with van der Waals surface area (Å²) in [5.41, 5.74) is 1.11. The van der Waals surface area contributed by atoms with Gasteiger partial charge in [-0.25, -0.2) is 15.0 Å². The molecule has 10 nitrogen and oxygen atoms in total. The first-order valence-corrected chi connectivity index (χ1v) is 9.46. The fraction of sp³-hybridized carbons (Fsp3) is 0.667. The molecule has 1 saturated heterocycles. The molecule has 154 valence electrons. The maximum Gasteiger partial charge on any atom is 0.167 e. The molecule has 2 aromatic heterocycles. The number of nitrogens with one attached hydrogen (secondary N) is 1. The number of hydrogen-bond acceptors (Lipinski definition) is 9. The van der Waals surface area contributed by atoms with Crippen LogP contribution in [0, 0.1) is 0 Å². The van der Waals surface area contributed by atoms with Gasteiger partial charge in [0.05, 0.1) is 12.9 Å². The van der Waals surface area contributed by atoms with Gasteiger partial charge in [0.15, 0.2) is 23.2 Å². The summed E-state index contributed by atoms with van der Waals surface area (Å²) in [5, 5.41) is 32.8. The highest BCUT2D eigenvalue weighted by molar-refractivity contribution is 5.82. The molecule has 3 heterocycles. The number of anilines is 1. The molecule has 1 saturated carbocycles. The standard InChI is InChI=1S/C15H21N5O4.C3H6O/c21-5-9-11(22)12(23)15(24-9)20-7-18-10-13(16-6-17-14(10)20)19-8-3-1-2-4-8;1-3(2)4/h6-9,11-12,15,21-23H,1-5H2,(H,16,17,19);1-2H3. The van der Waals surface area contributed by atoms with E-state index in [1.807, 2.05) is 0 Å². The molecule has 2 aromatic rings. The van der Waals surface area contributed by atoms with Crippen LogP contribution in [0.1, 0.15) is 45.8 Å². The van der Waals surface area contributed by atoms with Gasteiger partial charge in [-0.05, 0) is 26.7 Å². The number of rotatable bonds is 4. The van der Waals surface area contributed by atoms with Gasteiger partial charge in [0.1, 0.15) is 30.4 Å². The molecule has 0 aromatic carbocycles. The van der Waals surface area contributed by atoms with Crippen molar-refractivity contribution in [1.29, 1.82) is 0 Å². The minimum atomic E-state index is -1.17. The summed E-state index contributed by atoms with van der Waals surface area (Å²) in [6.45, 7) is 2.69. The van der Waals surface area contributed by atoms with E-state index in [4.69, 9.17) is 4.74 Å². The van der Waals surface area contributed by atoms with Crippen LogP contribution in [-0.4, -0.2) is 71.6 Å². The molecule has 4 N–H and O–H groups in total. The quantitative estimate of drug-likeness (QED) is 0.580. The van der Waals surface area contributed by atoms with Crippen molar-refractivity contribution >= 4 is 22.8 Å². The summed E-state index contributed by atoms with van der Waals surface area (Å²) < 4.78 is 7.12. The number of imidazole rings is 1. The van der Waals surface area contributed by atoms with E-state index in [-0.39, 0.29) is 12.4 Å². The highest BCUT2D eigenvalue weighted by atomic mass is 16.6. The highest BCUT2D eigenvalue weighted by Gasteiger charge is 2.44. The molecule has 0 amide bonds. The van der Waals surface area contributed by atoms with Gasteiger partial charge in [-0.3, -0.25) is 4.57 Å². The predicted octanol–water partition coefficient (Wildman–Crippen LogP) is 0.388. The number of Topliss-reactive ketones (excluding diaryl/α,β-unsaturated/α-hetero) is 1. The number of aliphatic hydroxyl groups excluding tert-OH is 3. The molecule has 2 fully saturated rings. The summed E-state index contributed by atoms with van der Waals surface area (Å²) in [4.78, 5) is 22.3. The number of fused-ring (bicyclic) bond motifs is 1. The first-order chi connectivity index (χ1) is 13.4. The zero-order chi connectivity index (χ0) is 20.3. The Labute approximate surface area is 162 Å². The van der Waals surface area contributed by atoms with E-state index in [1.165, 1.54) is 39.3 Å². The minimum absolute atomic E-state index is 0.167. The number of ether oxygens (including phenoxy) is 1. The number of nitrogens with zero attached hydrogens (tertiary/aromatic N) is 4. The lowest BCUT2D eigenvalue weighted by atomic mass is 10.1. The lowest BCUT2D eigenvalue weighted by Crippen LogP contribution is -2.33. The Balaban J connectivity index is 0.000000516. The molecule has 2 aliphatic rings. The second kappa shape index (κ2) is 8.91. The molecule has 4 rings (SSSR count). The van der Waals surface area contributed by atoms with Crippen LogP contribution in [0.2, 0.25) is 0 Å². The van der Waals surface area contributed by atoms with Crippen molar-refractivity contribution in [2.45, 2.75) is 70.1 Å². The zero-order valence-corrected chi connectivity index (χ0v) is 16.0. The van der Waals surface area contributed by atoms with Gasteiger partial charge < -0.3 is 30.2 Å². The Morgan fingerprint density at radius 2 is 1.89 bits per heavy atom. The van der Waals surface area contributed by atoms with Crippen molar-refractivity contribution < 1.29 is 24.9 Å². The largest absolute Gasteiger partial charge is 0.394 e. The molecular weight excluding hydrogens is 366 g/mol. The highest BCUT2D eigenvalue weighted by Crippen LogP contribution is 2.32. The molecule has 1 aliphatic carbocycles. The van der Waals surface area contributed by atoms with Gasteiger partial charge in [-0.15, -0.1) is 0 Å². The molecule has 4 unspecified atom stereocenters. The van der Waals surface area contributed by atoms with Crippen molar-refractivity contribution in [3.63, 3.8) is 0 Å². The number of carbonyl (C=O) groups is 1. The molecule has 4 atom stereocenters. The Morgan fingerprint density at radius 3 is 2.50 bits per heavy atom. The van der Waals surface area contributed by atoms with Crippen LogP contribution in [0.15, 0.2) is 12.7 Å². The molecule has 0 radical (unpaired) electrons. The van der Waals surface area contributed by atoms with E-state index < -0.39 is 24.5 Å². The van der Waals surface area contributed by atoms with Gasteiger partial charge in [0, 0.05) is 6.04 Å².